The van der Waals surface area contributed by atoms with E-state index < -0.39 is 0 Å². The highest BCUT2D eigenvalue weighted by atomic mass is 32.1. The summed E-state index contributed by atoms with van der Waals surface area (Å²) in [5, 5.41) is 5.12. The van der Waals surface area contributed by atoms with Crippen LogP contribution in [0.5, 0.6) is 0 Å². The second-order valence-electron chi connectivity index (χ2n) is 12.2. The molecular formula is C46H31NS. The van der Waals surface area contributed by atoms with E-state index in [-0.39, 0.29) is 0 Å². The fourth-order valence-corrected chi connectivity index (χ4v) is 8.03. The molecule has 1 heterocycles. The van der Waals surface area contributed by atoms with Crippen LogP contribution in [0.1, 0.15) is 0 Å². The summed E-state index contributed by atoms with van der Waals surface area (Å²) in [7, 11) is 0. The van der Waals surface area contributed by atoms with Crippen molar-refractivity contribution in [1.82, 2.24) is 0 Å². The van der Waals surface area contributed by atoms with Crippen LogP contribution < -0.4 is 4.90 Å². The van der Waals surface area contributed by atoms with Gasteiger partial charge in [0, 0.05) is 26.8 Å². The molecule has 0 radical (unpaired) electrons. The van der Waals surface area contributed by atoms with Gasteiger partial charge in [-0.1, -0.05) is 140 Å². The highest BCUT2D eigenvalue weighted by Crippen LogP contribution is 2.45. The zero-order valence-corrected chi connectivity index (χ0v) is 27.1. The zero-order chi connectivity index (χ0) is 31.9. The maximum atomic E-state index is 2.40. The third kappa shape index (κ3) is 5.13. The summed E-state index contributed by atoms with van der Waals surface area (Å²) in [4.78, 5) is 2.40. The van der Waals surface area contributed by atoms with Crippen molar-refractivity contribution in [3.63, 3.8) is 0 Å². The molecule has 2 heteroatoms. The number of thiophene rings is 1. The first-order valence-corrected chi connectivity index (χ1v) is 17.2. The minimum Gasteiger partial charge on any atom is -0.309 e. The predicted molar refractivity (Wildman–Crippen MR) is 208 cm³/mol. The topological polar surface area (TPSA) is 3.24 Å². The molecule has 0 saturated heterocycles. The quantitative estimate of drug-likeness (QED) is 0.177. The molecule has 0 fully saturated rings. The number of anilines is 3. The molecule has 0 aliphatic heterocycles. The van der Waals surface area contributed by atoms with Crippen molar-refractivity contribution in [1.29, 1.82) is 0 Å². The third-order valence-corrected chi connectivity index (χ3v) is 10.5. The Hall–Kier alpha value is -5.96. The van der Waals surface area contributed by atoms with Crippen molar-refractivity contribution in [3.8, 4) is 33.4 Å². The van der Waals surface area contributed by atoms with Gasteiger partial charge in [-0.05, 0) is 92.7 Å². The van der Waals surface area contributed by atoms with Gasteiger partial charge in [-0.15, -0.1) is 11.3 Å². The molecule has 0 aliphatic rings. The first kappa shape index (κ1) is 28.3. The first-order chi connectivity index (χ1) is 23.8. The maximum Gasteiger partial charge on any atom is 0.0640 e. The smallest absolute Gasteiger partial charge is 0.0640 e. The monoisotopic (exact) mass is 629 g/mol. The standard InChI is InChI=1S/C46H31NS/c1-2-10-32(11-3-1)34-22-26-40(27-23-34)47(44-18-9-17-43-42-16-6-7-19-45(42)48-46(43)44)41-28-24-35(25-29-41)37-14-8-15-38(30-37)39-21-20-33-12-4-5-13-36(33)31-39/h1-31H. The van der Waals surface area contributed by atoms with Crippen molar-refractivity contribution in [2.75, 3.05) is 4.90 Å². The van der Waals surface area contributed by atoms with E-state index in [2.05, 4.69) is 193 Å². The molecule has 8 aromatic carbocycles. The summed E-state index contributed by atoms with van der Waals surface area (Å²) in [6.07, 6.45) is 0. The summed E-state index contributed by atoms with van der Waals surface area (Å²) in [5.74, 6) is 0. The van der Waals surface area contributed by atoms with E-state index in [1.807, 2.05) is 11.3 Å². The lowest BCUT2D eigenvalue weighted by molar-refractivity contribution is 1.30. The second-order valence-corrected chi connectivity index (χ2v) is 13.2. The van der Waals surface area contributed by atoms with Crippen LogP contribution in [0.4, 0.5) is 17.1 Å². The molecule has 226 valence electrons. The highest BCUT2D eigenvalue weighted by Gasteiger charge is 2.18. The van der Waals surface area contributed by atoms with E-state index in [1.54, 1.807) is 0 Å². The van der Waals surface area contributed by atoms with Crippen molar-refractivity contribution in [2.24, 2.45) is 0 Å². The summed E-state index contributed by atoms with van der Waals surface area (Å²) < 4.78 is 2.60. The van der Waals surface area contributed by atoms with Gasteiger partial charge < -0.3 is 4.90 Å². The fourth-order valence-electron chi connectivity index (χ4n) is 6.82. The summed E-state index contributed by atoms with van der Waals surface area (Å²) in [5.41, 5.74) is 10.7. The van der Waals surface area contributed by atoms with Crippen molar-refractivity contribution in [3.05, 3.63) is 188 Å². The number of hydrogen-bond acceptors (Lipinski definition) is 2. The first-order valence-electron chi connectivity index (χ1n) is 16.3. The molecule has 0 aliphatic carbocycles. The van der Waals surface area contributed by atoms with Crippen LogP contribution in [0, 0.1) is 0 Å². The van der Waals surface area contributed by atoms with Gasteiger partial charge in [0.15, 0.2) is 0 Å². The molecule has 0 atom stereocenters. The number of nitrogens with zero attached hydrogens (tertiary/aromatic N) is 1. The molecule has 48 heavy (non-hydrogen) atoms. The average molecular weight is 630 g/mol. The number of hydrogen-bond donors (Lipinski definition) is 0. The van der Waals surface area contributed by atoms with Gasteiger partial charge in [-0.3, -0.25) is 0 Å². The van der Waals surface area contributed by atoms with Crippen LogP contribution >= 0.6 is 11.3 Å². The molecule has 0 unspecified atom stereocenters. The number of rotatable bonds is 6. The van der Waals surface area contributed by atoms with Crippen molar-refractivity contribution < 1.29 is 0 Å². The molecule has 0 amide bonds. The summed E-state index contributed by atoms with van der Waals surface area (Å²) in [6.45, 7) is 0. The summed E-state index contributed by atoms with van der Waals surface area (Å²) >= 11 is 1.86. The lowest BCUT2D eigenvalue weighted by Gasteiger charge is -2.26. The van der Waals surface area contributed by atoms with Gasteiger partial charge in [0.2, 0.25) is 0 Å². The Morgan fingerprint density at radius 2 is 0.854 bits per heavy atom. The van der Waals surface area contributed by atoms with Gasteiger partial charge in [-0.25, -0.2) is 0 Å². The van der Waals surface area contributed by atoms with E-state index >= 15 is 0 Å². The van der Waals surface area contributed by atoms with Crippen LogP contribution in [0.15, 0.2) is 188 Å². The van der Waals surface area contributed by atoms with Crippen LogP contribution in [-0.2, 0) is 0 Å². The molecular weight excluding hydrogens is 599 g/mol. The average Bonchev–Trinajstić information content (AvgIpc) is 3.55. The Morgan fingerprint density at radius 3 is 1.62 bits per heavy atom. The van der Waals surface area contributed by atoms with E-state index in [4.69, 9.17) is 0 Å². The predicted octanol–water partition coefficient (Wildman–Crippen LogP) is 13.7. The normalized spacial score (nSPS) is 11.3. The van der Waals surface area contributed by atoms with Gasteiger partial charge in [-0.2, -0.15) is 0 Å². The molecule has 0 N–H and O–H groups in total. The molecule has 0 saturated carbocycles. The highest BCUT2D eigenvalue weighted by molar-refractivity contribution is 7.26. The Bertz CT molecular complexity index is 2540. The third-order valence-electron chi connectivity index (χ3n) is 9.26. The Morgan fingerprint density at radius 1 is 0.333 bits per heavy atom. The Labute approximate surface area is 284 Å². The van der Waals surface area contributed by atoms with Crippen LogP contribution in [0.25, 0.3) is 64.3 Å². The summed E-state index contributed by atoms with van der Waals surface area (Å²) in [6, 6.07) is 68.1. The van der Waals surface area contributed by atoms with E-state index in [1.165, 1.54) is 70.0 Å². The van der Waals surface area contributed by atoms with Gasteiger partial charge in [0.25, 0.3) is 0 Å². The number of fused-ring (bicyclic) bond motifs is 4. The van der Waals surface area contributed by atoms with Crippen LogP contribution in [0.2, 0.25) is 0 Å². The SMILES string of the molecule is c1ccc(-c2ccc(N(c3ccc(-c4cccc(-c5ccc6ccccc6c5)c4)cc3)c3cccc4c3sc3ccccc34)cc2)cc1. The van der Waals surface area contributed by atoms with E-state index in [0.29, 0.717) is 0 Å². The Balaban J connectivity index is 1.13. The molecule has 0 bridgehead atoms. The zero-order valence-electron chi connectivity index (χ0n) is 26.3. The van der Waals surface area contributed by atoms with Crippen molar-refractivity contribution in [2.45, 2.75) is 0 Å². The Kier molecular flexibility index (Phi) is 7.07. The largest absolute Gasteiger partial charge is 0.309 e. The molecule has 9 rings (SSSR count). The van der Waals surface area contributed by atoms with Crippen LogP contribution in [-0.4, -0.2) is 0 Å². The lowest BCUT2D eigenvalue weighted by atomic mass is 9.97. The maximum absolute atomic E-state index is 2.40. The van der Waals surface area contributed by atoms with Gasteiger partial charge in [0.05, 0.1) is 10.4 Å². The second kappa shape index (κ2) is 12.0. The molecule has 1 nitrogen and oxygen atoms in total. The molecule has 1 aromatic heterocycles. The fraction of sp³-hybridized carbons (Fsp3) is 0. The van der Waals surface area contributed by atoms with Crippen molar-refractivity contribution >= 4 is 59.3 Å². The van der Waals surface area contributed by atoms with E-state index in [0.717, 1.165) is 11.4 Å². The van der Waals surface area contributed by atoms with E-state index in [9.17, 15) is 0 Å². The van der Waals surface area contributed by atoms with Gasteiger partial charge in [0.1, 0.15) is 0 Å². The van der Waals surface area contributed by atoms with Crippen LogP contribution in [0.3, 0.4) is 0 Å². The van der Waals surface area contributed by atoms with Gasteiger partial charge >= 0.3 is 0 Å². The lowest BCUT2D eigenvalue weighted by Crippen LogP contribution is -2.10. The minimum absolute atomic E-state index is 1.13. The molecule has 9 aromatic rings. The number of benzene rings is 8. The molecule has 0 spiro atoms. The minimum atomic E-state index is 1.13.